The molecule has 1 fully saturated rings. The second kappa shape index (κ2) is 7.34. The Morgan fingerprint density at radius 3 is 2.82 bits per heavy atom. The molecular formula is C18H23NO3. The smallest absolute Gasteiger partial charge is 0.231 e. The van der Waals surface area contributed by atoms with Gasteiger partial charge in [-0.15, -0.1) is 0 Å². The van der Waals surface area contributed by atoms with E-state index in [0.29, 0.717) is 19.1 Å². The molecule has 1 aromatic carbocycles. The van der Waals surface area contributed by atoms with Crippen molar-refractivity contribution in [1.29, 1.82) is 0 Å². The zero-order chi connectivity index (χ0) is 15.2. The maximum atomic E-state index is 11.9. The number of fused-ring (bicyclic) bond motifs is 1. The molecule has 4 heteroatoms. The van der Waals surface area contributed by atoms with Gasteiger partial charge in [-0.05, 0) is 49.8 Å². The number of unbranched alkanes of at least 4 members (excludes halogenated alkanes) is 2. The standard InChI is InChI=1S/C18H23NO3/c20-18(19-11-5-6-12-19)8-4-2-1-3-7-15-9-10-16-17(13-15)22-14-21-16/h3,7,9-10,13H,1-2,4-6,8,11-12,14H2. The van der Waals surface area contributed by atoms with Crippen LogP contribution in [0, 0.1) is 0 Å². The molecule has 0 saturated carbocycles. The average molecular weight is 301 g/mol. The lowest BCUT2D eigenvalue weighted by molar-refractivity contribution is -0.130. The molecule has 0 aromatic heterocycles. The molecule has 118 valence electrons. The Morgan fingerprint density at radius 2 is 1.95 bits per heavy atom. The zero-order valence-corrected chi connectivity index (χ0v) is 12.9. The summed E-state index contributed by atoms with van der Waals surface area (Å²) >= 11 is 0. The van der Waals surface area contributed by atoms with E-state index in [-0.39, 0.29) is 0 Å². The van der Waals surface area contributed by atoms with E-state index in [4.69, 9.17) is 9.47 Å². The molecule has 2 aliphatic heterocycles. The number of ether oxygens (including phenoxy) is 2. The number of hydrogen-bond donors (Lipinski definition) is 0. The van der Waals surface area contributed by atoms with Crippen LogP contribution in [0.1, 0.15) is 44.1 Å². The molecule has 0 unspecified atom stereocenters. The first kappa shape index (κ1) is 14.9. The molecular weight excluding hydrogens is 278 g/mol. The van der Waals surface area contributed by atoms with Crippen molar-refractivity contribution >= 4 is 12.0 Å². The molecule has 0 atom stereocenters. The third-order valence-electron chi connectivity index (χ3n) is 4.18. The highest BCUT2D eigenvalue weighted by Crippen LogP contribution is 2.32. The maximum Gasteiger partial charge on any atom is 0.231 e. The van der Waals surface area contributed by atoms with Gasteiger partial charge in [0.2, 0.25) is 12.7 Å². The minimum atomic E-state index is 0.313. The number of amides is 1. The van der Waals surface area contributed by atoms with Crippen molar-refractivity contribution < 1.29 is 14.3 Å². The van der Waals surface area contributed by atoms with Crippen LogP contribution in [-0.2, 0) is 4.79 Å². The summed E-state index contributed by atoms with van der Waals surface area (Å²) in [6, 6.07) is 5.97. The highest BCUT2D eigenvalue weighted by molar-refractivity contribution is 5.76. The van der Waals surface area contributed by atoms with Crippen molar-refractivity contribution in [2.75, 3.05) is 19.9 Å². The van der Waals surface area contributed by atoms with E-state index in [9.17, 15) is 4.79 Å². The third-order valence-corrected chi connectivity index (χ3v) is 4.18. The van der Waals surface area contributed by atoms with Crippen molar-refractivity contribution in [3.8, 4) is 11.5 Å². The number of nitrogens with zero attached hydrogens (tertiary/aromatic N) is 1. The lowest BCUT2D eigenvalue weighted by atomic mass is 10.1. The van der Waals surface area contributed by atoms with Crippen molar-refractivity contribution in [3.63, 3.8) is 0 Å². The average Bonchev–Trinajstić information content (AvgIpc) is 3.20. The van der Waals surface area contributed by atoms with Crippen LogP contribution in [0.5, 0.6) is 11.5 Å². The number of likely N-dealkylation sites (tertiary alicyclic amines) is 1. The van der Waals surface area contributed by atoms with Gasteiger partial charge in [0.25, 0.3) is 0 Å². The maximum absolute atomic E-state index is 11.9. The first-order valence-electron chi connectivity index (χ1n) is 8.17. The fraction of sp³-hybridized carbons (Fsp3) is 0.500. The van der Waals surface area contributed by atoms with E-state index in [2.05, 4.69) is 12.2 Å². The summed E-state index contributed by atoms with van der Waals surface area (Å²) in [6.07, 6.45) is 10.3. The Balaban J connectivity index is 1.35. The minimum absolute atomic E-state index is 0.313. The summed E-state index contributed by atoms with van der Waals surface area (Å²) in [5, 5.41) is 0. The second-order valence-corrected chi connectivity index (χ2v) is 5.85. The Morgan fingerprint density at radius 1 is 1.14 bits per heavy atom. The largest absolute Gasteiger partial charge is 0.454 e. The highest BCUT2D eigenvalue weighted by atomic mass is 16.7. The van der Waals surface area contributed by atoms with Gasteiger partial charge < -0.3 is 14.4 Å². The molecule has 0 aliphatic carbocycles. The van der Waals surface area contributed by atoms with E-state index < -0.39 is 0 Å². The molecule has 1 aromatic rings. The van der Waals surface area contributed by atoms with Gasteiger partial charge in [0.1, 0.15) is 0 Å². The van der Waals surface area contributed by atoms with Crippen LogP contribution < -0.4 is 9.47 Å². The summed E-state index contributed by atoms with van der Waals surface area (Å²) < 4.78 is 10.7. The van der Waals surface area contributed by atoms with E-state index in [1.54, 1.807) is 0 Å². The minimum Gasteiger partial charge on any atom is -0.454 e. The second-order valence-electron chi connectivity index (χ2n) is 5.85. The third kappa shape index (κ3) is 3.81. The molecule has 2 heterocycles. The van der Waals surface area contributed by atoms with Gasteiger partial charge in [0.15, 0.2) is 11.5 Å². The van der Waals surface area contributed by atoms with Gasteiger partial charge in [-0.25, -0.2) is 0 Å². The van der Waals surface area contributed by atoms with Gasteiger partial charge in [0.05, 0.1) is 0 Å². The van der Waals surface area contributed by atoms with Gasteiger partial charge in [-0.3, -0.25) is 4.79 Å². The molecule has 0 bridgehead atoms. The van der Waals surface area contributed by atoms with Gasteiger partial charge >= 0.3 is 0 Å². The molecule has 4 nitrogen and oxygen atoms in total. The Bertz CT molecular complexity index is 547. The van der Waals surface area contributed by atoms with Crippen LogP contribution in [-0.4, -0.2) is 30.7 Å². The highest BCUT2D eigenvalue weighted by Gasteiger charge is 2.16. The van der Waals surface area contributed by atoms with E-state index in [1.165, 1.54) is 12.8 Å². The summed E-state index contributed by atoms with van der Waals surface area (Å²) in [7, 11) is 0. The number of carbonyl (C=O) groups excluding carboxylic acids is 1. The Hall–Kier alpha value is -1.97. The number of rotatable bonds is 6. The fourth-order valence-electron chi connectivity index (χ4n) is 2.90. The topological polar surface area (TPSA) is 38.8 Å². The van der Waals surface area contributed by atoms with Crippen LogP contribution in [0.3, 0.4) is 0 Å². The van der Waals surface area contributed by atoms with E-state index in [0.717, 1.165) is 49.4 Å². The van der Waals surface area contributed by atoms with Crippen LogP contribution >= 0.6 is 0 Å². The van der Waals surface area contributed by atoms with Crippen LogP contribution in [0.4, 0.5) is 0 Å². The first-order valence-corrected chi connectivity index (χ1v) is 8.17. The molecule has 0 N–H and O–H groups in total. The number of allylic oxidation sites excluding steroid dienone is 1. The van der Waals surface area contributed by atoms with Crippen molar-refractivity contribution in [1.82, 2.24) is 4.90 Å². The summed E-state index contributed by atoms with van der Waals surface area (Å²) in [4.78, 5) is 13.9. The number of carbonyl (C=O) groups is 1. The molecule has 1 amide bonds. The first-order chi connectivity index (χ1) is 10.8. The molecule has 0 radical (unpaired) electrons. The molecule has 22 heavy (non-hydrogen) atoms. The lowest BCUT2D eigenvalue weighted by Gasteiger charge is -2.14. The zero-order valence-electron chi connectivity index (χ0n) is 12.9. The normalized spacial score (nSPS) is 16.6. The van der Waals surface area contributed by atoms with Gasteiger partial charge in [0, 0.05) is 19.5 Å². The quantitative estimate of drug-likeness (QED) is 0.753. The van der Waals surface area contributed by atoms with Crippen LogP contribution in [0.25, 0.3) is 6.08 Å². The lowest BCUT2D eigenvalue weighted by Crippen LogP contribution is -2.27. The van der Waals surface area contributed by atoms with Gasteiger partial charge in [-0.2, -0.15) is 0 Å². The van der Waals surface area contributed by atoms with Crippen molar-refractivity contribution in [2.45, 2.75) is 38.5 Å². The summed E-state index contributed by atoms with van der Waals surface area (Å²) in [5.41, 5.74) is 1.12. The number of hydrogen-bond acceptors (Lipinski definition) is 3. The van der Waals surface area contributed by atoms with Crippen molar-refractivity contribution in [2.24, 2.45) is 0 Å². The van der Waals surface area contributed by atoms with Gasteiger partial charge in [-0.1, -0.05) is 18.2 Å². The fourth-order valence-corrected chi connectivity index (χ4v) is 2.90. The predicted molar refractivity (Wildman–Crippen MR) is 85.9 cm³/mol. The molecule has 1 saturated heterocycles. The van der Waals surface area contributed by atoms with E-state index in [1.807, 2.05) is 23.1 Å². The van der Waals surface area contributed by atoms with E-state index >= 15 is 0 Å². The summed E-state index contributed by atoms with van der Waals surface area (Å²) in [6.45, 7) is 2.24. The number of benzene rings is 1. The van der Waals surface area contributed by atoms with Crippen molar-refractivity contribution in [3.05, 3.63) is 29.8 Å². The molecule has 2 aliphatic rings. The summed E-state index contributed by atoms with van der Waals surface area (Å²) in [5.74, 6) is 1.97. The SMILES string of the molecule is O=C(CCCCC=Cc1ccc2c(c1)OCO2)N1CCCC1. The van der Waals surface area contributed by atoms with Crippen LogP contribution in [0.15, 0.2) is 24.3 Å². The Kier molecular flexibility index (Phi) is 4.99. The monoisotopic (exact) mass is 301 g/mol. The Labute approximate surface area is 131 Å². The van der Waals surface area contributed by atoms with Crippen LogP contribution in [0.2, 0.25) is 0 Å². The molecule has 3 rings (SSSR count). The predicted octanol–water partition coefficient (Wildman–Crippen LogP) is 3.61. The molecule has 0 spiro atoms.